The normalized spacial score (nSPS) is 17.3. The Morgan fingerprint density at radius 2 is 2.12 bits per heavy atom. The zero-order valence-corrected chi connectivity index (χ0v) is 15.2. The van der Waals surface area contributed by atoms with E-state index in [1.165, 1.54) is 0 Å². The third-order valence-electron chi connectivity index (χ3n) is 4.62. The van der Waals surface area contributed by atoms with Crippen molar-refractivity contribution >= 4 is 5.91 Å². The quantitative estimate of drug-likeness (QED) is 0.793. The molecule has 3 rings (SSSR count). The molecule has 1 aliphatic heterocycles. The Hall–Kier alpha value is -2.30. The fraction of sp³-hybridized carbons (Fsp3) is 0.500. The molecule has 1 atom stereocenters. The molecule has 1 aliphatic rings. The first-order chi connectivity index (χ1) is 12.1. The third-order valence-corrected chi connectivity index (χ3v) is 4.62. The number of rotatable bonds is 6. The van der Waals surface area contributed by atoms with E-state index in [9.17, 15) is 4.79 Å². The number of hydrogen-bond donors (Lipinski definition) is 0. The van der Waals surface area contributed by atoms with Gasteiger partial charge in [0.25, 0.3) is 0 Å². The zero-order chi connectivity index (χ0) is 17.8. The van der Waals surface area contributed by atoms with Gasteiger partial charge in [0.05, 0.1) is 19.1 Å². The van der Waals surface area contributed by atoms with Crippen molar-refractivity contribution in [3.8, 4) is 5.75 Å². The minimum atomic E-state index is 0.0337. The molecule has 1 amide bonds. The molecule has 1 fully saturated rings. The molecular weight excluding hydrogens is 316 g/mol. The van der Waals surface area contributed by atoms with Gasteiger partial charge in [-0.15, -0.1) is 0 Å². The number of amides is 1. The molecule has 0 N–H and O–H groups in total. The van der Waals surface area contributed by atoms with Gasteiger partial charge in [0.2, 0.25) is 5.91 Å². The molecule has 0 saturated carbocycles. The van der Waals surface area contributed by atoms with Gasteiger partial charge in [-0.1, -0.05) is 31.1 Å². The van der Waals surface area contributed by atoms with Crippen molar-refractivity contribution in [1.82, 2.24) is 10.1 Å². The summed E-state index contributed by atoms with van der Waals surface area (Å²) in [7, 11) is 0. The smallest absolute Gasteiger partial charge is 0.227 e. The molecular formula is C20H26N2O3. The minimum Gasteiger partial charge on any atom is -0.494 e. The Labute approximate surface area is 148 Å². The van der Waals surface area contributed by atoms with Gasteiger partial charge in [0.1, 0.15) is 17.2 Å². The molecule has 0 unspecified atom stereocenters. The maximum absolute atomic E-state index is 12.8. The van der Waals surface area contributed by atoms with Crippen LogP contribution in [-0.4, -0.2) is 29.1 Å². The van der Waals surface area contributed by atoms with Crippen LogP contribution in [0.3, 0.4) is 0 Å². The lowest BCUT2D eigenvalue weighted by molar-refractivity contribution is -0.131. The van der Waals surface area contributed by atoms with Crippen LogP contribution in [-0.2, 0) is 11.2 Å². The van der Waals surface area contributed by atoms with Crippen LogP contribution in [0.25, 0.3) is 0 Å². The first kappa shape index (κ1) is 17.5. The summed E-state index contributed by atoms with van der Waals surface area (Å²) in [5, 5.41) is 4.21. The first-order valence-corrected chi connectivity index (χ1v) is 9.06. The van der Waals surface area contributed by atoms with Crippen molar-refractivity contribution in [3.63, 3.8) is 0 Å². The van der Waals surface area contributed by atoms with Crippen LogP contribution in [0.1, 0.15) is 62.6 Å². The summed E-state index contributed by atoms with van der Waals surface area (Å²) in [6.07, 6.45) is 2.35. The van der Waals surface area contributed by atoms with E-state index >= 15 is 0 Å². The molecule has 2 heterocycles. The van der Waals surface area contributed by atoms with Crippen LogP contribution in [0.5, 0.6) is 5.75 Å². The van der Waals surface area contributed by atoms with Gasteiger partial charge in [-0.2, -0.15) is 0 Å². The van der Waals surface area contributed by atoms with Crippen molar-refractivity contribution in [2.24, 2.45) is 0 Å². The minimum absolute atomic E-state index is 0.0337. The van der Waals surface area contributed by atoms with Gasteiger partial charge < -0.3 is 14.2 Å². The molecule has 5 heteroatoms. The molecule has 0 aliphatic carbocycles. The van der Waals surface area contributed by atoms with Crippen LogP contribution < -0.4 is 4.74 Å². The average molecular weight is 342 g/mol. The second-order valence-corrected chi connectivity index (χ2v) is 6.81. The van der Waals surface area contributed by atoms with E-state index in [1.807, 2.05) is 42.2 Å². The molecule has 5 nitrogen and oxygen atoms in total. The predicted molar refractivity (Wildman–Crippen MR) is 95.6 cm³/mol. The fourth-order valence-electron chi connectivity index (χ4n) is 3.25. The Bertz CT molecular complexity index is 706. The molecule has 25 heavy (non-hydrogen) atoms. The van der Waals surface area contributed by atoms with E-state index in [4.69, 9.17) is 9.26 Å². The van der Waals surface area contributed by atoms with E-state index < -0.39 is 0 Å². The number of nitrogens with zero attached hydrogens (tertiary/aromatic N) is 2. The molecule has 0 bridgehead atoms. The molecule has 1 aromatic heterocycles. The van der Waals surface area contributed by atoms with Crippen LogP contribution in [0.2, 0.25) is 0 Å². The molecule has 2 aromatic rings. The van der Waals surface area contributed by atoms with E-state index in [0.717, 1.165) is 42.2 Å². The maximum Gasteiger partial charge on any atom is 0.227 e. The van der Waals surface area contributed by atoms with E-state index in [0.29, 0.717) is 18.9 Å². The summed E-state index contributed by atoms with van der Waals surface area (Å²) >= 11 is 0. The number of likely N-dealkylation sites (tertiary alicyclic amines) is 1. The number of hydrogen-bond acceptors (Lipinski definition) is 4. The Kier molecular flexibility index (Phi) is 5.41. The number of carbonyl (C=O) groups is 1. The topological polar surface area (TPSA) is 55.6 Å². The van der Waals surface area contributed by atoms with Crippen molar-refractivity contribution in [2.75, 3.05) is 13.2 Å². The second-order valence-electron chi connectivity index (χ2n) is 6.81. The Morgan fingerprint density at radius 3 is 2.76 bits per heavy atom. The van der Waals surface area contributed by atoms with Gasteiger partial charge in [0, 0.05) is 18.5 Å². The van der Waals surface area contributed by atoms with Crippen molar-refractivity contribution in [2.45, 2.75) is 52.0 Å². The monoisotopic (exact) mass is 342 g/mol. The lowest BCUT2D eigenvalue weighted by Gasteiger charge is -2.23. The van der Waals surface area contributed by atoms with E-state index in [-0.39, 0.29) is 11.9 Å². The molecule has 0 spiro atoms. The van der Waals surface area contributed by atoms with Gasteiger partial charge in [-0.3, -0.25) is 4.79 Å². The summed E-state index contributed by atoms with van der Waals surface area (Å²) in [6, 6.07) is 9.78. The second kappa shape index (κ2) is 7.72. The van der Waals surface area contributed by atoms with Crippen molar-refractivity contribution in [3.05, 3.63) is 47.3 Å². The highest BCUT2D eigenvalue weighted by atomic mass is 16.5. The molecule has 0 radical (unpaired) electrons. The standard InChI is InChI=1S/C20H26N2O3/c1-4-24-16-9-7-15(8-10-16)12-20(23)22-11-5-6-18(22)17-13-19(14(2)3)25-21-17/h7-10,13-14,18H,4-6,11-12H2,1-3H3/t18-/m1/s1. The summed E-state index contributed by atoms with van der Waals surface area (Å²) in [6.45, 7) is 7.54. The lowest BCUT2D eigenvalue weighted by atomic mass is 10.1. The molecule has 134 valence electrons. The van der Waals surface area contributed by atoms with Gasteiger partial charge in [-0.25, -0.2) is 0 Å². The van der Waals surface area contributed by atoms with Gasteiger partial charge in [-0.05, 0) is 37.5 Å². The van der Waals surface area contributed by atoms with Crippen LogP contribution >= 0.6 is 0 Å². The van der Waals surface area contributed by atoms with E-state index in [2.05, 4.69) is 19.0 Å². The highest BCUT2D eigenvalue weighted by Gasteiger charge is 2.32. The summed E-state index contributed by atoms with van der Waals surface area (Å²) < 4.78 is 10.9. The summed E-state index contributed by atoms with van der Waals surface area (Å²) in [4.78, 5) is 14.7. The Morgan fingerprint density at radius 1 is 1.36 bits per heavy atom. The molecule has 1 saturated heterocycles. The average Bonchev–Trinajstić information content (AvgIpc) is 3.25. The van der Waals surface area contributed by atoms with Gasteiger partial charge >= 0.3 is 0 Å². The van der Waals surface area contributed by atoms with Crippen LogP contribution in [0.15, 0.2) is 34.9 Å². The Balaban J connectivity index is 1.67. The van der Waals surface area contributed by atoms with Crippen LogP contribution in [0.4, 0.5) is 0 Å². The number of benzene rings is 1. The number of ether oxygens (including phenoxy) is 1. The number of carbonyl (C=O) groups excluding carboxylic acids is 1. The van der Waals surface area contributed by atoms with Gasteiger partial charge in [0.15, 0.2) is 0 Å². The number of aromatic nitrogens is 1. The van der Waals surface area contributed by atoms with E-state index in [1.54, 1.807) is 0 Å². The highest BCUT2D eigenvalue weighted by Crippen LogP contribution is 2.33. The van der Waals surface area contributed by atoms with Crippen molar-refractivity contribution in [1.29, 1.82) is 0 Å². The summed E-state index contributed by atoms with van der Waals surface area (Å²) in [5.74, 6) is 2.15. The fourth-order valence-corrected chi connectivity index (χ4v) is 3.25. The zero-order valence-electron chi connectivity index (χ0n) is 15.2. The SMILES string of the molecule is CCOc1ccc(CC(=O)N2CCC[C@@H]2c2cc(C(C)C)on2)cc1. The predicted octanol–water partition coefficient (Wildman–Crippen LogP) is 4.10. The maximum atomic E-state index is 12.8. The third kappa shape index (κ3) is 4.03. The van der Waals surface area contributed by atoms with Crippen LogP contribution in [0, 0.1) is 0 Å². The summed E-state index contributed by atoms with van der Waals surface area (Å²) in [5.41, 5.74) is 1.88. The highest BCUT2D eigenvalue weighted by molar-refractivity contribution is 5.79. The first-order valence-electron chi connectivity index (χ1n) is 9.06. The van der Waals surface area contributed by atoms with Crippen molar-refractivity contribution < 1.29 is 14.1 Å². The molecule has 1 aromatic carbocycles. The largest absolute Gasteiger partial charge is 0.494 e. The lowest BCUT2D eigenvalue weighted by Crippen LogP contribution is -2.32.